The van der Waals surface area contributed by atoms with Gasteiger partial charge in [0.15, 0.2) is 0 Å². The lowest BCUT2D eigenvalue weighted by molar-refractivity contribution is -0.113. The molecule has 0 atom stereocenters. The first-order valence-corrected chi connectivity index (χ1v) is 9.67. The van der Waals surface area contributed by atoms with Crippen molar-refractivity contribution in [2.45, 2.75) is 12.1 Å². The van der Waals surface area contributed by atoms with E-state index >= 15 is 0 Å². The molecular weight excluding hydrogens is 390 g/mol. The average molecular weight is 411 g/mol. The van der Waals surface area contributed by atoms with Gasteiger partial charge in [-0.1, -0.05) is 42.1 Å². The number of nitrogen functional groups attached to an aromatic ring is 1. The van der Waals surface area contributed by atoms with Crippen molar-refractivity contribution in [3.63, 3.8) is 0 Å². The normalized spacial score (nSPS) is 10.8. The first-order valence-electron chi connectivity index (χ1n) is 8.68. The van der Waals surface area contributed by atoms with E-state index in [0.717, 1.165) is 22.6 Å². The lowest BCUT2D eigenvalue weighted by Crippen LogP contribution is -2.17. The highest BCUT2D eigenvalue weighted by Crippen LogP contribution is 2.22. The number of nitrogens with two attached hydrogens (primary N) is 1. The number of carbonyl (C=O) groups excluding carboxylic acids is 1. The highest BCUT2D eigenvalue weighted by atomic mass is 32.2. The van der Waals surface area contributed by atoms with Crippen molar-refractivity contribution < 1.29 is 9.53 Å². The van der Waals surface area contributed by atoms with Crippen molar-refractivity contribution >= 4 is 35.5 Å². The van der Waals surface area contributed by atoms with E-state index in [1.165, 1.54) is 16.4 Å². The molecule has 0 aliphatic rings. The lowest BCUT2D eigenvalue weighted by atomic mass is 10.2. The molecule has 9 nitrogen and oxygen atoms in total. The molecule has 3 rings (SSSR count). The predicted molar refractivity (Wildman–Crippen MR) is 115 cm³/mol. The van der Waals surface area contributed by atoms with Gasteiger partial charge in [0.2, 0.25) is 11.1 Å². The Morgan fingerprint density at radius 2 is 2.07 bits per heavy atom. The molecule has 1 amide bonds. The lowest BCUT2D eigenvalue weighted by Gasteiger charge is -2.09. The van der Waals surface area contributed by atoms with Crippen LogP contribution < -0.4 is 21.3 Å². The number of anilines is 2. The number of benzene rings is 2. The van der Waals surface area contributed by atoms with Gasteiger partial charge in [-0.15, -0.1) is 10.2 Å². The molecule has 0 saturated carbocycles. The molecule has 0 unspecified atom stereocenters. The van der Waals surface area contributed by atoms with Gasteiger partial charge in [-0.05, 0) is 36.2 Å². The van der Waals surface area contributed by atoms with Gasteiger partial charge in [0, 0.05) is 5.69 Å². The van der Waals surface area contributed by atoms with Crippen LogP contribution in [-0.4, -0.2) is 39.9 Å². The van der Waals surface area contributed by atoms with Crippen LogP contribution in [0.3, 0.4) is 0 Å². The second kappa shape index (κ2) is 9.60. The standard InChI is InChI=1S/C19H21N7O2S/c1-13-10-15(28-2)8-9-16(13)22-17(27)12-29-19-25-24-18(26(19)20)23-21-11-14-6-4-3-5-7-14/h3-11H,12,20H2,1-2H3,(H,22,27)(H,23,24)/b21-11+. The van der Waals surface area contributed by atoms with Crippen LogP contribution in [-0.2, 0) is 4.79 Å². The van der Waals surface area contributed by atoms with Gasteiger partial charge >= 0.3 is 0 Å². The van der Waals surface area contributed by atoms with Crippen LogP contribution in [0.15, 0.2) is 58.8 Å². The number of hydrazone groups is 1. The SMILES string of the molecule is COc1ccc(NC(=O)CSc2nnc(N/N=C/c3ccccc3)n2N)c(C)c1. The Morgan fingerprint density at radius 3 is 2.79 bits per heavy atom. The van der Waals surface area contributed by atoms with Crippen molar-refractivity contribution in [3.05, 3.63) is 59.7 Å². The largest absolute Gasteiger partial charge is 0.497 e. The number of ether oxygens (including phenoxy) is 1. The van der Waals surface area contributed by atoms with Crippen molar-refractivity contribution in [1.82, 2.24) is 14.9 Å². The zero-order chi connectivity index (χ0) is 20.6. The summed E-state index contributed by atoms with van der Waals surface area (Å²) in [7, 11) is 1.60. The summed E-state index contributed by atoms with van der Waals surface area (Å²) in [6, 6.07) is 15.0. The first-order chi connectivity index (χ1) is 14.1. The van der Waals surface area contributed by atoms with Crippen LogP contribution in [0.25, 0.3) is 0 Å². The van der Waals surface area contributed by atoms with E-state index in [1.54, 1.807) is 25.5 Å². The number of thioether (sulfide) groups is 1. The minimum atomic E-state index is -0.178. The summed E-state index contributed by atoms with van der Waals surface area (Å²) in [4.78, 5) is 12.2. The maximum Gasteiger partial charge on any atom is 0.264 e. The fraction of sp³-hybridized carbons (Fsp3) is 0.158. The van der Waals surface area contributed by atoms with Gasteiger partial charge in [-0.25, -0.2) is 10.1 Å². The number of aryl methyl sites for hydroxylation is 1. The summed E-state index contributed by atoms with van der Waals surface area (Å²) in [5.74, 6) is 6.93. The third kappa shape index (κ3) is 5.48. The molecule has 10 heteroatoms. The highest BCUT2D eigenvalue weighted by Gasteiger charge is 2.12. The number of rotatable bonds is 8. The number of hydrogen-bond acceptors (Lipinski definition) is 8. The summed E-state index contributed by atoms with van der Waals surface area (Å²) in [6.07, 6.45) is 1.64. The summed E-state index contributed by atoms with van der Waals surface area (Å²) in [5, 5.41) is 15.3. The molecule has 0 fully saturated rings. The van der Waals surface area contributed by atoms with E-state index in [4.69, 9.17) is 10.6 Å². The third-order valence-electron chi connectivity index (χ3n) is 3.88. The number of hydrogen-bond donors (Lipinski definition) is 3. The monoisotopic (exact) mass is 411 g/mol. The highest BCUT2D eigenvalue weighted by molar-refractivity contribution is 7.99. The number of nitrogens with one attached hydrogen (secondary N) is 2. The molecule has 2 aromatic carbocycles. The molecule has 0 radical (unpaired) electrons. The quantitative estimate of drug-likeness (QED) is 0.225. The zero-order valence-corrected chi connectivity index (χ0v) is 16.8. The first kappa shape index (κ1) is 20.2. The molecule has 0 aliphatic heterocycles. The maximum atomic E-state index is 12.2. The molecule has 0 saturated heterocycles. The van der Waals surface area contributed by atoms with Gasteiger partial charge in [-0.2, -0.15) is 5.10 Å². The van der Waals surface area contributed by atoms with E-state index in [2.05, 4.69) is 26.0 Å². The van der Waals surface area contributed by atoms with E-state index in [9.17, 15) is 4.79 Å². The Kier molecular flexibility index (Phi) is 6.69. The second-order valence-electron chi connectivity index (χ2n) is 5.97. The van der Waals surface area contributed by atoms with Gasteiger partial charge in [0.25, 0.3) is 5.95 Å². The van der Waals surface area contributed by atoms with Crippen LogP contribution in [0.1, 0.15) is 11.1 Å². The van der Waals surface area contributed by atoms with E-state index in [-0.39, 0.29) is 17.6 Å². The van der Waals surface area contributed by atoms with E-state index in [1.807, 2.05) is 43.3 Å². The van der Waals surface area contributed by atoms with Crippen LogP contribution in [0.5, 0.6) is 5.75 Å². The summed E-state index contributed by atoms with van der Waals surface area (Å²) < 4.78 is 6.41. The molecule has 29 heavy (non-hydrogen) atoms. The zero-order valence-electron chi connectivity index (χ0n) is 16.0. The van der Waals surface area contributed by atoms with Crippen LogP contribution in [0.4, 0.5) is 11.6 Å². The van der Waals surface area contributed by atoms with E-state index < -0.39 is 0 Å². The average Bonchev–Trinajstić information content (AvgIpc) is 3.08. The van der Waals surface area contributed by atoms with Crippen molar-refractivity contribution in [1.29, 1.82) is 0 Å². The number of aromatic nitrogens is 3. The Bertz CT molecular complexity index is 1010. The Morgan fingerprint density at radius 1 is 1.28 bits per heavy atom. The van der Waals surface area contributed by atoms with Crippen molar-refractivity contribution in [2.24, 2.45) is 5.10 Å². The minimum absolute atomic E-state index is 0.133. The fourth-order valence-corrected chi connectivity index (χ4v) is 3.03. The fourth-order valence-electron chi connectivity index (χ4n) is 2.38. The topological polar surface area (TPSA) is 119 Å². The third-order valence-corrected chi connectivity index (χ3v) is 4.83. The number of amides is 1. The second-order valence-corrected chi connectivity index (χ2v) is 6.92. The predicted octanol–water partition coefficient (Wildman–Crippen LogP) is 2.49. The van der Waals surface area contributed by atoms with Crippen molar-refractivity contribution in [2.75, 3.05) is 29.4 Å². The summed E-state index contributed by atoms with van der Waals surface area (Å²) in [6.45, 7) is 1.90. The number of nitrogens with zero attached hydrogens (tertiary/aromatic N) is 4. The summed E-state index contributed by atoms with van der Waals surface area (Å²) in [5.41, 5.74) is 5.30. The van der Waals surface area contributed by atoms with Gasteiger partial charge in [-0.3, -0.25) is 4.79 Å². The summed E-state index contributed by atoms with van der Waals surface area (Å²) >= 11 is 1.17. The van der Waals surface area contributed by atoms with Gasteiger partial charge < -0.3 is 15.9 Å². The van der Waals surface area contributed by atoms with Crippen LogP contribution in [0.2, 0.25) is 0 Å². The minimum Gasteiger partial charge on any atom is -0.497 e. The maximum absolute atomic E-state index is 12.2. The van der Waals surface area contributed by atoms with Gasteiger partial charge in [0.1, 0.15) is 5.75 Å². The molecule has 0 spiro atoms. The number of methoxy groups -OCH3 is 1. The Balaban J connectivity index is 1.53. The van der Waals surface area contributed by atoms with Crippen LogP contribution in [0, 0.1) is 6.92 Å². The Labute approximate surface area is 172 Å². The molecule has 1 aromatic heterocycles. The molecule has 150 valence electrons. The molecule has 4 N–H and O–H groups in total. The molecule has 3 aromatic rings. The molecule has 0 aliphatic carbocycles. The van der Waals surface area contributed by atoms with E-state index in [0.29, 0.717) is 5.16 Å². The molecule has 1 heterocycles. The molecular formula is C19H21N7O2S. The Hall–Kier alpha value is -3.53. The smallest absolute Gasteiger partial charge is 0.264 e. The number of carbonyl (C=O) groups is 1. The van der Waals surface area contributed by atoms with Gasteiger partial charge in [0.05, 0.1) is 19.1 Å². The van der Waals surface area contributed by atoms with Crippen molar-refractivity contribution in [3.8, 4) is 5.75 Å². The molecule has 0 bridgehead atoms. The van der Waals surface area contributed by atoms with Crippen LogP contribution >= 0.6 is 11.8 Å².